The lowest BCUT2D eigenvalue weighted by Crippen LogP contribution is -2.54. The van der Waals surface area contributed by atoms with Crippen molar-refractivity contribution in [2.45, 2.75) is 60.8 Å². The summed E-state index contributed by atoms with van der Waals surface area (Å²) in [5.41, 5.74) is 2.52. The first kappa shape index (κ1) is 20.9. The molecule has 25 heavy (non-hydrogen) atoms. The molecular weight excluding hydrogens is 334 g/mol. The van der Waals surface area contributed by atoms with Crippen molar-refractivity contribution in [1.82, 2.24) is 0 Å². The Morgan fingerprint density at radius 3 is 1.40 bits per heavy atom. The van der Waals surface area contributed by atoms with Crippen LogP contribution in [0.3, 0.4) is 0 Å². The largest absolute Gasteiger partial charge is 0.800 e. The lowest BCUT2D eigenvalue weighted by Gasteiger charge is -2.22. The number of oxime groups is 3. The molecule has 1 aromatic carbocycles. The second-order valence-electron chi connectivity index (χ2n) is 5.74. The van der Waals surface area contributed by atoms with Gasteiger partial charge in [0.2, 0.25) is 0 Å². The molecule has 0 aliphatic rings. The van der Waals surface area contributed by atoms with Crippen LogP contribution in [0.5, 0.6) is 0 Å². The Kier molecular flexibility index (Phi) is 8.91. The minimum atomic E-state index is -3.47. The van der Waals surface area contributed by atoms with Gasteiger partial charge in [-0.1, -0.05) is 51.1 Å². The van der Waals surface area contributed by atoms with Crippen molar-refractivity contribution in [1.29, 1.82) is 0 Å². The highest BCUT2D eigenvalue weighted by Crippen LogP contribution is 2.14. The summed E-state index contributed by atoms with van der Waals surface area (Å²) in [7, 11) is -3.47. The molecular formula is C18H29N3O3Si. The molecule has 0 fully saturated rings. The van der Waals surface area contributed by atoms with Gasteiger partial charge in [-0.15, -0.1) is 15.5 Å². The summed E-state index contributed by atoms with van der Waals surface area (Å²) < 4.78 is 17.5. The maximum absolute atomic E-state index is 5.83. The Bertz CT molecular complexity index is 560. The van der Waals surface area contributed by atoms with Crippen molar-refractivity contribution in [2.24, 2.45) is 15.5 Å². The maximum Gasteiger partial charge on any atom is 0.800 e. The molecule has 7 heteroatoms. The summed E-state index contributed by atoms with van der Waals surface area (Å²) in [5, 5.41) is 13.3. The second kappa shape index (κ2) is 10.7. The van der Waals surface area contributed by atoms with Crippen LogP contribution in [0.25, 0.3) is 0 Å². The highest BCUT2D eigenvalue weighted by Gasteiger charge is 2.55. The monoisotopic (exact) mass is 363 g/mol. The van der Waals surface area contributed by atoms with Crippen LogP contribution < -0.4 is 5.19 Å². The Balaban J connectivity index is 3.34. The average Bonchev–Trinajstić information content (AvgIpc) is 2.67. The average molecular weight is 364 g/mol. The van der Waals surface area contributed by atoms with E-state index >= 15 is 0 Å². The summed E-state index contributed by atoms with van der Waals surface area (Å²) in [4.78, 5) is 0. The van der Waals surface area contributed by atoms with Crippen LogP contribution >= 0.6 is 0 Å². The van der Waals surface area contributed by atoms with Gasteiger partial charge in [-0.25, -0.2) is 0 Å². The Labute approximate surface area is 151 Å². The van der Waals surface area contributed by atoms with Gasteiger partial charge in [-0.2, -0.15) is 0 Å². The fourth-order valence-electron chi connectivity index (χ4n) is 1.46. The molecule has 0 amide bonds. The first-order valence-corrected chi connectivity index (χ1v) is 10.4. The van der Waals surface area contributed by atoms with E-state index in [1.54, 1.807) is 0 Å². The fraction of sp³-hybridized carbons (Fsp3) is 0.500. The molecule has 138 valence electrons. The summed E-state index contributed by atoms with van der Waals surface area (Å²) >= 11 is 0. The summed E-state index contributed by atoms with van der Waals surface area (Å²) in [6.45, 7) is 11.7. The van der Waals surface area contributed by atoms with Gasteiger partial charge >= 0.3 is 8.80 Å². The molecule has 0 saturated heterocycles. The van der Waals surface area contributed by atoms with Gasteiger partial charge in [0.05, 0.1) is 22.3 Å². The van der Waals surface area contributed by atoms with Gasteiger partial charge < -0.3 is 13.6 Å². The van der Waals surface area contributed by atoms with Crippen molar-refractivity contribution >= 4 is 31.1 Å². The van der Waals surface area contributed by atoms with E-state index in [1.807, 2.05) is 71.9 Å². The zero-order chi connectivity index (χ0) is 18.7. The van der Waals surface area contributed by atoms with Gasteiger partial charge in [-0.3, -0.25) is 0 Å². The smallest absolute Gasteiger partial charge is 0.370 e. The molecule has 0 heterocycles. The van der Waals surface area contributed by atoms with Gasteiger partial charge in [-0.05, 0) is 40.0 Å². The molecule has 0 bridgehead atoms. The fourth-order valence-corrected chi connectivity index (χ4v) is 3.30. The van der Waals surface area contributed by atoms with E-state index in [0.717, 1.165) is 41.6 Å². The van der Waals surface area contributed by atoms with E-state index < -0.39 is 8.80 Å². The van der Waals surface area contributed by atoms with Crippen LogP contribution in [0.1, 0.15) is 60.8 Å². The van der Waals surface area contributed by atoms with Crippen LogP contribution in [0.15, 0.2) is 45.8 Å². The molecule has 6 nitrogen and oxygen atoms in total. The minimum Gasteiger partial charge on any atom is -0.370 e. The maximum atomic E-state index is 5.83. The van der Waals surface area contributed by atoms with E-state index in [9.17, 15) is 0 Å². The third kappa shape index (κ3) is 6.70. The highest BCUT2D eigenvalue weighted by molar-refractivity contribution is 6.75. The van der Waals surface area contributed by atoms with E-state index in [2.05, 4.69) is 15.5 Å². The van der Waals surface area contributed by atoms with Gasteiger partial charge in [0.15, 0.2) is 0 Å². The van der Waals surface area contributed by atoms with E-state index in [1.165, 1.54) is 0 Å². The van der Waals surface area contributed by atoms with Gasteiger partial charge in [0.25, 0.3) is 0 Å². The molecule has 0 aliphatic carbocycles. The summed E-state index contributed by atoms with van der Waals surface area (Å²) in [6.07, 6.45) is 2.31. The standard InChI is InChI=1S/C18H29N3O3Si/c1-7-15(4)19-22-25(23-20-16(5)8-2,24-21-17(6)9-3)18-13-11-10-12-14-18/h10-14H,7-9H2,1-6H3/b19-15-,20-16+,21-17+. The van der Waals surface area contributed by atoms with E-state index in [0.29, 0.717) is 0 Å². The Hall–Kier alpha value is -2.15. The molecule has 0 atom stereocenters. The molecule has 1 aromatic rings. The van der Waals surface area contributed by atoms with Gasteiger partial charge in [0.1, 0.15) is 0 Å². The lowest BCUT2D eigenvalue weighted by atomic mass is 10.3. The zero-order valence-electron chi connectivity index (χ0n) is 16.1. The van der Waals surface area contributed by atoms with Crippen molar-refractivity contribution in [3.63, 3.8) is 0 Å². The number of hydrogen-bond acceptors (Lipinski definition) is 6. The number of benzene rings is 1. The molecule has 0 unspecified atom stereocenters. The molecule has 0 spiro atoms. The molecule has 0 aromatic heterocycles. The molecule has 0 radical (unpaired) electrons. The molecule has 0 saturated carbocycles. The Morgan fingerprint density at radius 2 is 1.08 bits per heavy atom. The Morgan fingerprint density at radius 1 is 0.720 bits per heavy atom. The highest BCUT2D eigenvalue weighted by atomic mass is 28.4. The first-order chi connectivity index (χ1) is 12.0. The molecule has 0 aliphatic heterocycles. The predicted octanol–water partition coefficient (Wildman–Crippen LogP) is 4.24. The summed E-state index contributed by atoms with van der Waals surface area (Å²) in [6, 6.07) is 9.49. The van der Waals surface area contributed by atoms with E-state index in [4.69, 9.17) is 13.6 Å². The number of hydrogen-bond donors (Lipinski definition) is 0. The number of nitrogens with zero attached hydrogens (tertiary/aromatic N) is 3. The first-order valence-electron chi connectivity index (χ1n) is 8.67. The third-order valence-electron chi connectivity index (χ3n) is 3.63. The molecule has 0 N–H and O–H groups in total. The third-order valence-corrected chi connectivity index (χ3v) is 5.66. The predicted molar refractivity (Wildman–Crippen MR) is 105 cm³/mol. The van der Waals surface area contributed by atoms with Crippen molar-refractivity contribution in [3.8, 4) is 0 Å². The van der Waals surface area contributed by atoms with Crippen LogP contribution in [0, 0.1) is 0 Å². The van der Waals surface area contributed by atoms with Crippen LogP contribution in [-0.4, -0.2) is 25.9 Å². The zero-order valence-corrected chi connectivity index (χ0v) is 17.1. The van der Waals surface area contributed by atoms with E-state index in [-0.39, 0.29) is 0 Å². The summed E-state index contributed by atoms with van der Waals surface area (Å²) in [5.74, 6) is 0. The van der Waals surface area contributed by atoms with Crippen LogP contribution in [0.4, 0.5) is 0 Å². The SMILES string of the molecule is CC/C(C)=N\O[Si](O/N=C(\C)CC)(O/N=C(\C)CC)c1ccccc1. The normalized spacial score (nSPS) is 13.6. The topological polar surface area (TPSA) is 64.8 Å². The van der Waals surface area contributed by atoms with Crippen LogP contribution in [0.2, 0.25) is 0 Å². The number of rotatable bonds is 10. The van der Waals surface area contributed by atoms with Crippen molar-refractivity contribution in [3.05, 3.63) is 30.3 Å². The minimum absolute atomic E-state index is 0.753. The lowest BCUT2D eigenvalue weighted by molar-refractivity contribution is 0.0800. The second-order valence-corrected chi connectivity index (χ2v) is 7.97. The van der Waals surface area contributed by atoms with Gasteiger partial charge in [0, 0.05) is 0 Å². The van der Waals surface area contributed by atoms with Crippen molar-refractivity contribution < 1.29 is 13.6 Å². The van der Waals surface area contributed by atoms with Crippen molar-refractivity contribution in [2.75, 3.05) is 0 Å². The quantitative estimate of drug-likeness (QED) is 0.355. The molecule has 1 rings (SSSR count). The van der Waals surface area contributed by atoms with Crippen LogP contribution in [-0.2, 0) is 13.6 Å².